The van der Waals surface area contributed by atoms with Gasteiger partial charge in [0.05, 0.1) is 6.10 Å². The lowest BCUT2D eigenvalue weighted by Gasteiger charge is -2.57. The fraction of sp³-hybridized carbons (Fsp3) is 0.842. The summed E-state index contributed by atoms with van der Waals surface area (Å²) in [4.78, 5) is 11.9. The van der Waals surface area contributed by atoms with Gasteiger partial charge >= 0.3 is 10.4 Å². The van der Waals surface area contributed by atoms with Crippen molar-refractivity contribution in [1.29, 1.82) is 0 Å². The molecule has 0 radical (unpaired) electrons. The van der Waals surface area contributed by atoms with Gasteiger partial charge in [0.2, 0.25) is 0 Å². The Morgan fingerprint density at radius 2 is 1.84 bits per heavy atom. The van der Waals surface area contributed by atoms with Gasteiger partial charge in [0.25, 0.3) is 0 Å². The lowest BCUT2D eigenvalue weighted by molar-refractivity contribution is -0.117. The van der Waals surface area contributed by atoms with Gasteiger partial charge in [-0.05, 0) is 79.6 Å². The van der Waals surface area contributed by atoms with E-state index in [0.29, 0.717) is 30.6 Å². The van der Waals surface area contributed by atoms with Gasteiger partial charge in [-0.3, -0.25) is 9.35 Å². The zero-order chi connectivity index (χ0) is 18.0. The van der Waals surface area contributed by atoms with Crippen LogP contribution in [0.2, 0.25) is 0 Å². The lowest BCUT2D eigenvalue weighted by atomic mass is 9.47. The summed E-state index contributed by atoms with van der Waals surface area (Å²) in [7, 11) is -4.41. The van der Waals surface area contributed by atoms with Crippen LogP contribution in [0.3, 0.4) is 0 Å². The van der Waals surface area contributed by atoms with Crippen LogP contribution in [0, 0.1) is 28.6 Å². The number of rotatable bonds is 2. The molecule has 6 atom stereocenters. The second kappa shape index (κ2) is 5.64. The Morgan fingerprint density at radius 3 is 2.56 bits per heavy atom. The quantitative estimate of drug-likeness (QED) is 0.752. The predicted octanol–water partition coefficient (Wildman–Crippen LogP) is 3.71. The molecule has 0 amide bonds. The fourth-order valence-electron chi connectivity index (χ4n) is 6.82. The van der Waals surface area contributed by atoms with Crippen molar-refractivity contribution in [2.24, 2.45) is 28.6 Å². The Balaban J connectivity index is 1.62. The molecule has 0 spiro atoms. The molecule has 0 aliphatic heterocycles. The van der Waals surface area contributed by atoms with Crippen LogP contribution in [0.25, 0.3) is 0 Å². The smallest absolute Gasteiger partial charge is 0.295 e. The van der Waals surface area contributed by atoms with Crippen LogP contribution in [-0.2, 0) is 19.4 Å². The maximum absolute atomic E-state index is 11.9. The van der Waals surface area contributed by atoms with Crippen molar-refractivity contribution in [2.45, 2.75) is 71.3 Å². The molecule has 4 aliphatic carbocycles. The molecule has 6 heteroatoms. The summed E-state index contributed by atoms with van der Waals surface area (Å²) in [6.07, 6.45) is 8.80. The van der Waals surface area contributed by atoms with E-state index in [9.17, 15) is 13.2 Å². The molecule has 0 aromatic rings. The summed E-state index contributed by atoms with van der Waals surface area (Å²) in [6.45, 7) is 4.49. The van der Waals surface area contributed by atoms with E-state index in [1.165, 1.54) is 5.57 Å². The van der Waals surface area contributed by atoms with Crippen molar-refractivity contribution < 1.29 is 21.9 Å². The van der Waals surface area contributed by atoms with Gasteiger partial charge in [-0.15, -0.1) is 0 Å². The molecule has 140 valence electrons. The van der Waals surface area contributed by atoms with Gasteiger partial charge in [0.1, 0.15) is 0 Å². The predicted molar refractivity (Wildman–Crippen MR) is 93.1 cm³/mol. The van der Waals surface area contributed by atoms with Crippen LogP contribution >= 0.6 is 0 Å². The Labute approximate surface area is 150 Å². The Morgan fingerprint density at radius 1 is 1.08 bits per heavy atom. The van der Waals surface area contributed by atoms with E-state index >= 15 is 0 Å². The average molecular weight is 368 g/mol. The van der Waals surface area contributed by atoms with Gasteiger partial charge in [-0.2, -0.15) is 8.42 Å². The van der Waals surface area contributed by atoms with Crippen molar-refractivity contribution >= 4 is 16.2 Å². The minimum Gasteiger partial charge on any atom is -0.295 e. The topological polar surface area (TPSA) is 80.7 Å². The van der Waals surface area contributed by atoms with Crippen LogP contribution in [-0.4, -0.2) is 24.9 Å². The van der Waals surface area contributed by atoms with E-state index in [0.717, 1.165) is 38.5 Å². The third kappa shape index (κ3) is 2.72. The number of hydrogen-bond acceptors (Lipinski definition) is 4. The molecular weight excluding hydrogens is 340 g/mol. The van der Waals surface area contributed by atoms with Crippen molar-refractivity contribution in [3.05, 3.63) is 11.6 Å². The van der Waals surface area contributed by atoms with Crippen LogP contribution in [0.5, 0.6) is 0 Å². The van der Waals surface area contributed by atoms with Crippen molar-refractivity contribution in [3.8, 4) is 0 Å². The molecular formula is C19H28O5S. The number of carbonyl (C=O) groups excluding carboxylic acids is 1. The molecule has 5 nitrogen and oxygen atoms in total. The third-order valence-corrected chi connectivity index (χ3v) is 8.59. The van der Waals surface area contributed by atoms with E-state index in [-0.39, 0.29) is 16.6 Å². The molecule has 3 unspecified atom stereocenters. The molecule has 0 saturated heterocycles. The number of allylic oxidation sites excluding steroid dienone is 1. The van der Waals surface area contributed by atoms with Crippen LogP contribution in [0.1, 0.15) is 65.2 Å². The van der Waals surface area contributed by atoms with Gasteiger partial charge < -0.3 is 0 Å². The molecule has 4 rings (SSSR count). The average Bonchev–Trinajstić information content (AvgIpc) is 2.83. The zero-order valence-corrected chi connectivity index (χ0v) is 15.8. The van der Waals surface area contributed by atoms with Gasteiger partial charge in [-0.25, -0.2) is 4.18 Å². The lowest BCUT2D eigenvalue weighted by Crippen LogP contribution is -2.51. The molecule has 0 bridgehead atoms. The van der Waals surface area contributed by atoms with Gasteiger partial charge in [0, 0.05) is 6.42 Å². The highest BCUT2D eigenvalue weighted by Crippen LogP contribution is 2.65. The first-order chi connectivity index (χ1) is 11.6. The first kappa shape index (κ1) is 17.7. The maximum Gasteiger partial charge on any atom is 0.397 e. The molecule has 0 aromatic carbocycles. The highest BCUT2D eigenvalue weighted by Gasteiger charge is 2.59. The largest absolute Gasteiger partial charge is 0.397 e. The van der Waals surface area contributed by atoms with Crippen LogP contribution in [0.4, 0.5) is 0 Å². The highest BCUT2D eigenvalue weighted by molar-refractivity contribution is 7.80. The first-order valence-corrected chi connectivity index (χ1v) is 10.9. The van der Waals surface area contributed by atoms with E-state index in [1.807, 2.05) is 6.08 Å². The van der Waals surface area contributed by atoms with Gasteiger partial charge in [0.15, 0.2) is 5.78 Å². The number of hydrogen-bond donors (Lipinski definition) is 1. The van der Waals surface area contributed by atoms with Crippen LogP contribution in [0.15, 0.2) is 11.6 Å². The van der Waals surface area contributed by atoms with E-state index < -0.39 is 16.5 Å². The third-order valence-electron chi connectivity index (χ3n) is 8.11. The van der Waals surface area contributed by atoms with Crippen molar-refractivity contribution in [3.63, 3.8) is 0 Å². The Hall–Kier alpha value is -0.720. The second-order valence-corrected chi connectivity index (χ2v) is 10.2. The molecule has 0 aromatic heterocycles. The molecule has 1 N–H and O–H groups in total. The van der Waals surface area contributed by atoms with E-state index in [4.69, 9.17) is 8.74 Å². The Kier molecular flexibility index (Phi) is 3.99. The molecule has 25 heavy (non-hydrogen) atoms. The standard InChI is InChI=1S/C19H28O5S/c1-18-9-7-13(20)11-12(18)3-4-14-15-5-6-17(24-25(21,22)23)19(15,2)10-8-16(14)18/h11,14-17H,3-10H2,1-2H3,(H,21,22,23)/t14?,15?,16?,17-,18+,19+/m1/s1. The summed E-state index contributed by atoms with van der Waals surface area (Å²) in [5, 5.41) is 0. The maximum atomic E-state index is 11.9. The summed E-state index contributed by atoms with van der Waals surface area (Å²) in [6, 6.07) is 0. The van der Waals surface area contributed by atoms with Crippen molar-refractivity contribution in [2.75, 3.05) is 0 Å². The summed E-state index contributed by atoms with van der Waals surface area (Å²) in [5.74, 6) is 1.84. The first-order valence-electron chi connectivity index (χ1n) is 9.53. The van der Waals surface area contributed by atoms with Gasteiger partial charge in [-0.1, -0.05) is 19.4 Å². The minimum absolute atomic E-state index is 0.125. The minimum atomic E-state index is -4.41. The van der Waals surface area contributed by atoms with Crippen LogP contribution < -0.4 is 0 Å². The summed E-state index contributed by atoms with van der Waals surface area (Å²) >= 11 is 0. The summed E-state index contributed by atoms with van der Waals surface area (Å²) in [5.41, 5.74) is 1.29. The summed E-state index contributed by atoms with van der Waals surface area (Å²) < 4.78 is 36.7. The molecule has 0 heterocycles. The molecule has 3 fully saturated rings. The number of ketones is 1. The van der Waals surface area contributed by atoms with E-state index in [1.54, 1.807) is 0 Å². The molecule has 4 aliphatic rings. The Bertz CT molecular complexity index is 726. The highest BCUT2D eigenvalue weighted by atomic mass is 32.3. The number of carbonyl (C=O) groups is 1. The van der Waals surface area contributed by atoms with Crippen molar-refractivity contribution in [1.82, 2.24) is 0 Å². The normalized spacial score (nSPS) is 46.8. The number of fused-ring (bicyclic) bond motifs is 5. The monoisotopic (exact) mass is 368 g/mol. The SMILES string of the molecule is C[C@]12CCC(=O)C=C1CCC1C2CC[C@@]2(C)C1CC[C@H]2OS(=O)(=O)O. The zero-order valence-electron chi connectivity index (χ0n) is 15.0. The fourth-order valence-corrected chi connectivity index (χ4v) is 7.43. The van der Waals surface area contributed by atoms with E-state index in [2.05, 4.69) is 13.8 Å². The second-order valence-electron chi connectivity index (χ2n) is 9.10. The molecule has 3 saturated carbocycles.